The molecule has 0 N–H and O–H groups in total. The Morgan fingerprint density at radius 2 is 2.27 bits per heavy atom. The molecule has 15 heavy (non-hydrogen) atoms. The number of rotatable bonds is 1. The maximum atomic E-state index is 5.75. The van der Waals surface area contributed by atoms with Gasteiger partial charge in [0.15, 0.2) is 0 Å². The molecule has 3 nitrogen and oxygen atoms in total. The van der Waals surface area contributed by atoms with Crippen LogP contribution in [0.4, 0.5) is 0 Å². The summed E-state index contributed by atoms with van der Waals surface area (Å²) in [6.07, 6.45) is 0.968. The summed E-state index contributed by atoms with van der Waals surface area (Å²) in [6, 6.07) is 6.06. The van der Waals surface area contributed by atoms with E-state index >= 15 is 0 Å². The van der Waals surface area contributed by atoms with Gasteiger partial charge >= 0.3 is 0 Å². The van der Waals surface area contributed by atoms with Crippen LogP contribution in [0.15, 0.2) is 18.2 Å². The number of hydrogen-bond donors (Lipinski definition) is 0. The fourth-order valence-electron chi connectivity index (χ4n) is 1.64. The maximum absolute atomic E-state index is 5.75. The lowest BCUT2D eigenvalue weighted by molar-refractivity contribution is 0.357. The molecule has 2 heterocycles. The third-order valence-electron chi connectivity index (χ3n) is 2.34. The van der Waals surface area contributed by atoms with Gasteiger partial charge in [-0.15, -0.1) is 10.2 Å². The van der Waals surface area contributed by atoms with E-state index in [9.17, 15) is 0 Å². The Bertz CT molecular complexity index is 512. The Labute approximate surface area is 95.7 Å². The van der Waals surface area contributed by atoms with Gasteiger partial charge in [0.25, 0.3) is 0 Å². The van der Waals surface area contributed by atoms with Crippen molar-refractivity contribution in [3.05, 3.63) is 28.2 Å². The van der Waals surface area contributed by atoms with E-state index < -0.39 is 0 Å². The van der Waals surface area contributed by atoms with E-state index in [2.05, 4.69) is 16.3 Å². The zero-order valence-electron chi connectivity index (χ0n) is 7.74. The van der Waals surface area contributed by atoms with Gasteiger partial charge < -0.3 is 4.74 Å². The number of benzene rings is 1. The monoisotopic (exact) mass is 238 g/mol. The summed E-state index contributed by atoms with van der Waals surface area (Å²) < 4.78 is 5.91. The molecule has 0 amide bonds. The second-order valence-corrected chi connectivity index (χ2v) is 4.84. The maximum Gasteiger partial charge on any atom is 0.207 e. The fraction of sp³-hybridized carbons (Fsp3) is 0.200. The van der Waals surface area contributed by atoms with Crippen LogP contribution in [0, 0.1) is 0 Å². The first-order valence-corrected chi connectivity index (χ1v) is 5.77. The lowest BCUT2D eigenvalue weighted by atomic mass is 10.1. The third kappa shape index (κ3) is 1.60. The van der Waals surface area contributed by atoms with Crippen LogP contribution in [0.2, 0.25) is 4.47 Å². The molecule has 1 aromatic heterocycles. The molecule has 0 atom stereocenters. The van der Waals surface area contributed by atoms with Crippen molar-refractivity contribution in [1.82, 2.24) is 10.2 Å². The standard InChI is InChI=1S/C10H7ClN2OS/c11-10-13-12-9(15-10)7-1-2-8-6(5-7)3-4-14-8/h1-2,5H,3-4H2. The van der Waals surface area contributed by atoms with E-state index in [0.29, 0.717) is 4.47 Å². The van der Waals surface area contributed by atoms with Gasteiger partial charge in [-0.05, 0) is 35.4 Å². The third-order valence-corrected chi connectivity index (χ3v) is 3.40. The molecular formula is C10H7ClN2OS. The van der Waals surface area contributed by atoms with Crippen molar-refractivity contribution in [1.29, 1.82) is 0 Å². The minimum absolute atomic E-state index is 0.474. The predicted molar refractivity (Wildman–Crippen MR) is 59.6 cm³/mol. The van der Waals surface area contributed by atoms with Crippen molar-refractivity contribution in [2.75, 3.05) is 6.61 Å². The number of ether oxygens (including phenoxy) is 1. The quantitative estimate of drug-likeness (QED) is 0.766. The van der Waals surface area contributed by atoms with E-state index in [4.69, 9.17) is 16.3 Å². The molecule has 0 saturated carbocycles. The van der Waals surface area contributed by atoms with E-state index in [1.165, 1.54) is 16.9 Å². The average Bonchev–Trinajstić information content (AvgIpc) is 2.84. The molecule has 0 radical (unpaired) electrons. The first kappa shape index (κ1) is 9.12. The zero-order chi connectivity index (χ0) is 10.3. The normalized spacial score (nSPS) is 13.7. The van der Waals surface area contributed by atoms with E-state index in [1.54, 1.807) is 0 Å². The van der Waals surface area contributed by atoms with Crippen molar-refractivity contribution >= 4 is 22.9 Å². The van der Waals surface area contributed by atoms with Gasteiger partial charge in [0.1, 0.15) is 10.8 Å². The molecular weight excluding hydrogens is 232 g/mol. The number of aromatic nitrogens is 2. The van der Waals surface area contributed by atoms with Crippen LogP contribution in [-0.2, 0) is 6.42 Å². The molecule has 0 bridgehead atoms. The summed E-state index contributed by atoms with van der Waals surface area (Å²) in [5.41, 5.74) is 2.29. The number of hydrogen-bond acceptors (Lipinski definition) is 4. The highest BCUT2D eigenvalue weighted by molar-refractivity contribution is 7.18. The largest absolute Gasteiger partial charge is 0.493 e. The van der Waals surface area contributed by atoms with Crippen LogP contribution in [-0.4, -0.2) is 16.8 Å². The van der Waals surface area contributed by atoms with Crippen LogP contribution in [0.25, 0.3) is 10.6 Å². The summed E-state index contributed by atoms with van der Waals surface area (Å²) in [4.78, 5) is 0. The van der Waals surface area contributed by atoms with Gasteiger partial charge in [-0.3, -0.25) is 0 Å². The molecule has 0 aliphatic carbocycles. The van der Waals surface area contributed by atoms with Crippen LogP contribution in [0.5, 0.6) is 5.75 Å². The first-order valence-electron chi connectivity index (χ1n) is 4.58. The number of nitrogens with zero attached hydrogens (tertiary/aromatic N) is 2. The summed E-state index contributed by atoms with van der Waals surface area (Å²) in [7, 11) is 0. The first-order chi connectivity index (χ1) is 7.33. The second kappa shape index (κ2) is 3.47. The van der Waals surface area contributed by atoms with Gasteiger partial charge in [-0.1, -0.05) is 11.3 Å². The van der Waals surface area contributed by atoms with E-state index in [0.717, 1.165) is 29.3 Å². The van der Waals surface area contributed by atoms with Crippen molar-refractivity contribution in [3.63, 3.8) is 0 Å². The molecule has 1 aliphatic heterocycles. The molecule has 0 fully saturated rings. The predicted octanol–water partition coefficient (Wildman–Crippen LogP) is 2.79. The van der Waals surface area contributed by atoms with Gasteiger partial charge in [-0.25, -0.2) is 0 Å². The van der Waals surface area contributed by atoms with Crippen LogP contribution in [0.3, 0.4) is 0 Å². The minimum Gasteiger partial charge on any atom is -0.493 e. The Balaban J connectivity index is 2.06. The molecule has 3 rings (SSSR count). The Hall–Kier alpha value is -1.13. The number of fused-ring (bicyclic) bond motifs is 1. The molecule has 1 aliphatic rings. The Kier molecular flexibility index (Phi) is 2.11. The summed E-state index contributed by atoms with van der Waals surface area (Å²) in [5, 5.41) is 8.65. The summed E-state index contributed by atoms with van der Waals surface area (Å²) in [5.74, 6) is 0.981. The van der Waals surface area contributed by atoms with Crippen LogP contribution in [0.1, 0.15) is 5.56 Å². The van der Waals surface area contributed by atoms with Gasteiger partial charge in [-0.2, -0.15) is 0 Å². The minimum atomic E-state index is 0.474. The van der Waals surface area contributed by atoms with Crippen molar-refractivity contribution in [3.8, 4) is 16.3 Å². The summed E-state index contributed by atoms with van der Waals surface area (Å²) in [6.45, 7) is 0.773. The highest BCUT2D eigenvalue weighted by Crippen LogP contribution is 2.32. The second-order valence-electron chi connectivity index (χ2n) is 3.28. The average molecular weight is 239 g/mol. The van der Waals surface area contributed by atoms with Gasteiger partial charge in [0.2, 0.25) is 4.47 Å². The van der Waals surface area contributed by atoms with E-state index in [1.807, 2.05) is 12.1 Å². The van der Waals surface area contributed by atoms with Crippen LogP contribution < -0.4 is 4.74 Å². The SMILES string of the molecule is Clc1nnc(-c2ccc3c(c2)CCO3)s1. The summed E-state index contributed by atoms with van der Waals surface area (Å²) >= 11 is 7.14. The topological polar surface area (TPSA) is 35.0 Å². The van der Waals surface area contributed by atoms with Crippen molar-refractivity contribution < 1.29 is 4.74 Å². The molecule has 0 unspecified atom stereocenters. The van der Waals surface area contributed by atoms with Crippen molar-refractivity contribution in [2.45, 2.75) is 6.42 Å². The van der Waals surface area contributed by atoms with Gasteiger partial charge in [0.05, 0.1) is 6.61 Å². The Morgan fingerprint density at radius 3 is 3.07 bits per heavy atom. The van der Waals surface area contributed by atoms with E-state index in [-0.39, 0.29) is 0 Å². The van der Waals surface area contributed by atoms with Gasteiger partial charge in [0, 0.05) is 12.0 Å². The van der Waals surface area contributed by atoms with Crippen molar-refractivity contribution in [2.24, 2.45) is 0 Å². The Morgan fingerprint density at radius 1 is 1.33 bits per heavy atom. The lowest BCUT2D eigenvalue weighted by Crippen LogP contribution is -1.85. The molecule has 0 spiro atoms. The lowest BCUT2D eigenvalue weighted by Gasteiger charge is -1.99. The molecule has 2 aromatic rings. The number of halogens is 1. The molecule has 5 heteroatoms. The van der Waals surface area contributed by atoms with Crippen LogP contribution >= 0.6 is 22.9 Å². The highest BCUT2D eigenvalue weighted by Gasteiger charge is 2.14. The molecule has 1 aromatic carbocycles. The zero-order valence-corrected chi connectivity index (χ0v) is 9.31. The fourth-order valence-corrected chi connectivity index (χ4v) is 2.47. The smallest absolute Gasteiger partial charge is 0.207 e. The highest BCUT2D eigenvalue weighted by atomic mass is 35.5. The molecule has 0 saturated heterocycles. The molecule has 76 valence electrons.